The van der Waals surface area contributed by atoms with Crippen LogP contribution >= 0.6 is 0 Å². The zero-order valence-electron chi connectivity index (χ0n) is 19.5. The lowest BCUT2D eigenvalue weighted by molar-refractivity contribution is -0.139. The van der Waals surface area contributed by atoms with Crippen molar-refractivity contribution in [1.82, 2.24) is 4.90 Å². The van der Waals surface area contributed by atoms with Crippen LogP contribution in [-0.2, 0) is 9.59 Å². The molecule has 0 aromatic rings. The monoisotopic (exact) mass is 412 g/mol. The maximum absolute atomic E-state index is 13.2. The van der Waals surface area contributed by atoms with Crippen molar-refractivity contribution in [3.05, 3.63) is 23.4 Å². The summed E-state index contributed by atoms with van der Waals surface area (Å²) >= 11 is 0. The summed E-state index contributed by atoms with van der Waals surface area (Å²) in [6, 6.07) is 0. The van der Waals surface area contributed by atoms with Crippen LogP contribution in [0.4, 0.5) is 0 Å². The predicted molar refractivity (Wildman–Crippen MR) is 120 cm³/mol. The molecule has 0 spiro atoms. The van der Waals surface area contributed by atoms with Crippen molar-refractivity contribution in [2.75, 3.05) is 13.1 Å². The number of ketones is 1. The third kappa shape index (κ3) is 2.92. The van der Waals surface area contributed by atoms with Crippen molar-refractivity contribution in [2.45, 2.75) is 73.1 Å². The molecule has 2 N–H and O–H groups in total. The Balaban J connectivity index is 1.63. The minimum atomic E-state index is 0.0273. The van der Waals surface area contributed by atoms with Gasteiger partial charge in [0.05, 0.1) is 5.70 Å². The predicted octanol–water partition coefficient (Wildman–Crippen LogP) is 4.70. The molecule has 2 saturated carbocycles. The van der Waals surface area contributed by atoms with E-state index < -0.39 is 0 Å². The molecule has 0 aromatic heterocycles. The molecule has 0 aliphatic heterocycles. The quantitative estimate of drug-likeness (QED) is 0.728. The van der Waals surface area contributed by atoms with Gasteiger partial charge in [-0.1, -0.05) is 32.9 Å². The van der Waals surface area contributed by atoms with Gasteiger partial charge in [-0.15, -0.1) is 0 Å². The summed E-state index contributed by atoms with van der Waals surface area (Å²) < 4.78 is 0. The van der Waals surface area contributed by atoms with Gasteiger partial charge in [0, 0.05) is 25.4 Å². The molecular weight excluding hydrogens is 372 g/mol. The van der Waals surface area contributed by atoms with Gasteiger partial charge in [0.25, 0.3) is 0 Å². The van der Waals surface area contributed by atoms with E-state index in [0.29, 0.717) is 41.7 Å². The van der Waals surface area contributed by atoms with Crippen LogP contribution in [0.15, 0.2) is 23.4 Å². The van der Waals surface area contributed by atoms with Crippen LogP contribution in [0.25, 0.3) is 0 Å². The van der Waals surface area contributed by atoms with Gasteiger partial charge in [0.1, 0.15) is 0 Å². The number of rotatable bonds is 4. The Hall–Kier alpha value is -1.58. The number of carbonyl (C=O) groups excluding carboxylic acids is 2. The third-order valence-corrected chi connectivity index (χ3v) is 9.85. The van der Waals surface area contributed by atoms with Crippen molar-refractivity contribution in [2.24, 2.45) is 46.2 Å². The highest BCUT2D eigenvalue weighted by atomic mass is 16.2. The highest BCUT2D eigenvalue weighted by Gasteiger charge is 2.59. The lowest BCUT2D eigenvalue weighted by atomic mass is 9.48. The molecule has 4 aliphatic carbocycles. The number of Topliss-reactive ketones (excluding diaryl/α,β-unsaturated/α-hetero) is 1. The average Bonchev–Trinajstić information content (AvgIpc) is 3.08. The van der Waals surface area contributed by atoms with Gasteiger partial charge in [-0.25, -0.2) is 0 Å². The Kier molecular flexibility index (Phi) is 5.43. The molecule has 30 heavy (non-hydrogen) atoms. The SMILES string of the molecule is CCN(CC)C(=O)[C@@H](C)[C@H]1CC[C@H]2[C@@H]3C=CC4=C(N)C(=O)CC[C@]4(C)[C@H]3CC[C@]12C. The number of nitrogens with zero attached hydrogens (tertiary/aromatic N) is 1. The largest absolute Gasteiger partial charge is 0.396 e. The molecule has 4 nitrogen and oxygen atoms in total. The maximum Gasteiger partial charge on any atom is 0.225 e. The Bertz CT molecular complexity index is 795. The Morgan fingerprint density at radius 2 is 1.87 bits per heavy atom. The number of fused-ring (bicyclic) bond motifs is 5. The van der Waals surface area contributed by atoms with Crippen LogP contribution in [-0.4, -0.2) is 29.7 Å². The van der Waals surface area contributed by atoms with Crippen molar-refractivity contribution in [3.8, 4) is 0 Å². The highest BCUT2D eigenvalue weighted by molar-refractivity contribution is 5.97. The first-order chi connectivity index (χ1) is 14.2. The molecule has 166 valence electrons. The fourth-order valence-electron chi connectivity index (χ4n) is 8.04. The third-order valence-electron chi connectivity index (χ3n) is 9.85. The smallest absolute Gasteiger partial charge is 0.225 e. The maximum atomic E-state index is 13.2. The first kappa shape index (κ1) is 21.6. The Morgan fingerprint density at radius 1 is 1.17 bits per heavy atom. The molecular formula is C26H40N2O2. The summed E-state index contributed by atoms with van der Waals surface area (Å²) in [7, 11) is 0. The van der Waals surface area contributed by atoms with Crippen LogP contribution in [0.1, 0.15) is 73.1 Å². The molecule has 0 aromatic carbocycles. The molecule has 2 fully saturated rings. The zero-order valence-corrected chi connectivity index (χ0v) is 19.5. The van der Waals surface area contributed by atoms with Gasteiger partial charge < -0.3 is 10.6 Å². The lowest BCUT2D eigenvalue weighted by Crippen LogP contribution is -2.51. The molecule has 1 amide bonds. The molecule has 0 saturated heterocycles. The van der Waals surface area contributed by atoms with E-state index in [4.69, 9.17) is 5.73 Å². The normalized spacial score (nSPS) is 41.2. The average molecular weight is 413 g/mol. The van der Waals surface area contributed by atoms with E-state index in [-0.39, 0.29) is 22.5 Å². The van der Waals surface area contributed by atoms with Crippen LogP contribution < -0.4 is 5.73 Å². The van der Waals surface area contributed by atoms with Gasteiger partial charge in [-0.05, 0) is 86.0 Å². The number of hydrogen-bond donors (Lipinski definition) is 1. The Labute approximate surface area is 182 Å². The summed E-state index contributed by atoms with van der Waals surface area (Å²) in [5.74, 6) is 2.75. The highest BCUT2D eigenvalue weighted by Crippen LogP contribution is 2.66. The number of nitrogens with two attached hydrogens (primary N) is 1. The fraction of sp³-hybridized carbons (Fsp3) is 0.769. The number of carbonyl (C=O) groups is 2. The van der Waals surface area contributed by atoms with Crippen LogP contribution in [0.3, 0.4) is 0 Å². The van der Waals surface area contributed by atoms with Gasteiger partial charge in [-0.3, -0.25) is 9.59 Å². The summed E-state index contributed by atoms with van der Waals surface area (Å²) in [4.78, 5) is 27.4. The molecule has 0 radical (unpaired) electrons. The molecule has 4 aliphatic rings. The van der Waals surface area contributed by atoms with Crippen molar-refractivity contribution < 1.29 is 9.59 Å². The number of hydrogen-bond acceptors (Lipinski definition) is 3. The van der Waals surface area contributed by atoms with E-state index in [1.807, 2.05) is 4.90 Å². The van der Waals surface area contributed by atoms with Crippen molar-refractivity contribution in [1.29, 1.82) is 0 Å². The molecule has 7 atom stereocenters. The van der Waals surface area contributed by atoms with Crippen molar-refractivity contribution >= 4 is 11.7 Å². The second-order valence-electron chi connectivity index (χ2n) is 10.8. The number of amides is 1. The second kappa shape index (κ2) is 7.53. The number of allylic oxidation sites excluding steroid dienone is 4. The molecule has 4 rings (SSSR count). The van der Waals surface area contributed by atoms with E-state index in [9.17, 15) is 9.59 Å². The molecule has 0 bridgehead atoms. The molecule has 0 unspecified atom stereocenters. The summed E-state index contributed by atoms with van der Waals surface area (Å²) in [5, 5.41) is 0. The van der Waals surface area contributed by atoms with E-state index in [1.54, 1.807) is 0 Å². The molecule has 0 heterocycles. The van der Waals surface area contributed by atoms with Crippen LogP contribution in [0.5, 0.6) is 0 Å². The first-order valence-corrected chi connectivity index (χ1v) is 12.2. The van der Waals surface area contributed by atoms with Crippen molar-refractivity contribution in [3.63, 3.8) is 0 Å². The topological polar surface area (TPSA) is 63.4 Å². The van der Waals surface area contributed by atoms with E-state index in [2.05, 4.69) is 46.8 Å². The lowest BCUT2D eigenvalue weighted by Gasteiger charge is -2.56. The van der Waals surface area contributed by atoms with Gasteiger partial charge in [0.2, 0.25) is 5.91 Å². The summed E-state index contributed by atoms with van der Waals surface area (Å²) in [6.45, 7) is 12.8. The molecule has 4 heteroatoms. The second-order valence-corrected chi connectivity index (χ2v) is 10.8. The van der Waals surface area contributed by atoms with Crippen LogP contribution in [0.2, 0.25) is 0 Å². The standard InChI is InChI=1S/C26H40N2O2/c1-6-28(7-2)24(30)16(3)18-10-11-19-17-8-9-21-23(27)22(29)13-15-26(21,5)20(17)12-14-25(18,19)4/h8-9,16-20H,6-7,10-15,27H2,1-5H3/t16-,17-,18+,19-,20-,25+,26+/m0/s1. The van der Waals surface area contributed by atoms with Gasteiger partial charge in [-0.2, -0.15) is 0 Å². The Morgan fingerprint density at radius 3 is 2.53 bits per heavy atom. The zero-order chi connectivity index (χ0) is 21.8. The summed E-state index contributed by atoms with van der Waals surface area (Å²) in [5.41, 5.74) is 8.12. The van der Waals surface area contributed by atoms with E-state index >= 15 is 0 Å². The fourth-order valence-corrected chi connectivity index (χ4v) is 8.04. The minimum absolute atomic E-state index is 0.0273. The van der Waals surface area contributed by atoms with E-state index in [1.165, 1.54) is 19.3 Å². The van der Waals surface area contributed by atoms with E-state index in [0.717, 1.165) is 31.5 Å². The van der Waals surface area contributed by atoms with Gasteiger partial charge >= 0.3 is 0 Å². The van der Waals surface area contributed by atoms with Crippen LogP contribution in [0, 0.1) is 40.4 Å². The minimum Gasteiger partial charge on any atom is -0.396 e. The van der Waals surface area contributed by atoms with Gasteiger partial charge in [0.15, 0.2) is 5.78 Å². The summed E-state index contributed by atoms with van der Waals surface area (Å²) in [6.07, 6.45) is 10.8. The first-order valence-electron chi connectivity index (χ1n) is 12.2.